The number of para-hydroxylation sites is 1. The predicted octanol–water partition coefficient (Wildman–Crippen LogP) is 2.41. The molecule has 17 heavy (non-hydrogen) atoms. The summed E-state index contributed by atoms with van der Waals surface area (Å²) in [5, 5.41) is 4.46. The van der Waals surface area contributed by atoms with Crippen molar-refractivity contribution in [1.82, 2.24) is 9.78 Å². The Balaban J connectivity index is 2.64. The zero-order chi connectivity index (χ0) is 12.4. The van der Waals surface area contributed by atoms with Gasteiger partial charge in [0.15, 0.2) is 0 Å². The lowest BCUT2D eigenvalue weighted by Crippen LogP contribution is -2.03. The fraction of sp³-hybridized carbons (Fsp3) is 0.250. The molecule has 0 amide bonds. The average molecular weight is 296 g/mol. The summed E-state index contributed by atoms with van der Waals surface area (Å²) in [5.41, 5.74) is 8.47. The van der Waals surface area contributed by atoms with Gasteiger partial charge in [-0.3, -0.25) is 0 Å². The average Bonchev–Trinajstić information content (AvgIpc) is 2.65. The quantitative estimate of drug-likeness (QED) is 0.946. The Kier molecular flexibility index (Phi) is 3.49. The zero-order valence-corrected chi connectivity index (χ0v) is 11.4. The molecule has 1 heterocycles. The smallest absolute Gasteiger partial charge is 0.221 e. The minimum atomic E-state index is 0.416. The summed E-state index contributed by atoms with van der Waals surface area (Å²) in [7, 11) is 1.63. The Bertz CT molecular complexity index is 537. The second-order valence-corrected chi connectivity index (χ2v) is 4.49. The number of rotatable bonds is 3. The first-order valence-electron chi connectivity index (χ1n) is 5.26. The lowest BCUT2D eigenvalue weighted by molar-refractivity contribution is 0.379. The first-order chi connectivity index (χ1) is 8.19. The number of aryl methyl sites for hydroxylation is 1. The SMILES string of the molecule is COc1c(CN)c(C)nn1-c1ccccc1Br. The summed E-state index contributed by atoms with van der Waals surface area (Å²) in [6.45, 7) is 2.34. The van der Waals surface area contributed by atoms with Crippen molar-refractivity contribution in [2.45, 2.75) is 13.5 Å². The fourth-order valence-corrected chi connectivity index (χ4v) is 2.22. The van der Waals surface area contributed by atoms with Gasteiger partial charge in [-0.2, -0.15) is 9.78 Å². The molecule has 0 fully saturated rings. The number of hydrogen-bond acceptors (Lipinski definition) is 3. The summed E-state index contributed by atoms with van der Waals surface area (Å²) in [4.78, 5) is 0. The maximum atomic E-state index is 5.71. The van der Waals surface area contributed by atoms with Gasteiger partial charge in [-0.1, -0.05) is 12.1 Å². The third-order valence-corrected chi connectivity index (χ3v) is 3.29. The summed E-state index contributed by atoms with van der Waals surface area (Å²) in [6.07, 6.45) is 0. The topological polar surface area (TPSA) is 53.1 Å². The largest absolute Gasteiger partial charge is 0.481 e. The molecular weight excluding hydrogens is 282 g/mol. The fourth-order valence-electron chi connectivity index (χ4n) is 1.77. The van der Waals surface area contributed by atoms with Gasteiger partial charge in [0.05, 0.1) is 24.1 Å². The van der Waals surface area contributed by atoms with Gasteiger partial charge in [-0.15, -0.1) is 0 Å². The molecule has 0 unspecified atom stereocenters. The van der Waals surface area contributed by atoms with E-state index in [1.165, 1.54) is 0 Å². The van der Waals surface area contributed by atoms with Crippen LogP contribution in [-0.2, 0) is 6.54 Å². The Morgan fingerprint density at radius 3 is 2.71 bits per heavy atom. The van der Waals surface area contributed by atoms with Crippen molar-refractivity contribution in [2.75, 3.05) is 7.11 Å². The van der Waals surface area contributed by atoms with Crippen LogP contribution < -0.4 is 10.5 Å². The number of nitrogens with two attached hydrogens (primary N) is 1. The highest BCUT2D eigenvalue weighted by molar-refractivity contribution is 9.10. The van der Waals surface area contributed by atoms with Crippen molar-refractivity contribution in [1.29, 1.82) is 0 Å². The molecule has 0 atom stereocenters. The van der Waals surface area contributed by atoms with E-state index >= 15 is 0 Å². The number of methoxy groups -OCH3 is 1. The molecule has 2 aromatic rings. The molecule has 0 saturated heterocycles. The number of ether oxygens (including phenoxy) is 1. The van der Waals surface area contributed by atoms with Crippen LogP contribution in [0.1, 0.15) is 11.3 Å². The van der Waals surface area contributed by atoms with Crippen molar-refractivity contribution in [3.05, 3.63) is 40.0 Å². The van der Waals surface area contributed by atoms with Crippen LogP contribution in [0.5, 0.6) is 5.88 Å². The Morgan fingerprint density at radius 2 is 2.12 bits per heavy atom. The molecule has 0 aliphatic heterocycles. The van der Waals surface area contributed by atoms with Gasteiger partial charge in [0.2, 0.25) is 5.88 Å². The molecule has 0 bridgehead atoms. The molecule has 2 rings (SSSR count). The summed E-state index contributed by atoms with van der Waals surface area (Å²) < 4.78 is 8.13. The monoisotopic (exact) mass is 295 g/mol. The van der Waals surface area contributed by atoms with E-state index in [9.17, 15) is 0 Å². The van der Waals surface area contributed by atoms with Crippen molar-refractivity contribution in [2.24, 2.45) is 5.73 Å². The molecule has 4 nitrogen and oxygen atoms in total. The highest BCUT2D eigenvalue weighted by atomic mass is 79.9. The van der Waals surface area contributed by atoms with Gasteiger partial charge < -0.3 is 10.5 Å². The lowest BCUT2D eigenvalue weighted by Gasteiger charge is -2.08. The molecule has 0 spiro atoms. The Hall–Kier alpha value is -1.33. The maximum absolute atomic E-state index is 5.71. The van der Waals surface area contributed by atoms with Crippen LogP contribution in [0.4, 0.5) is 0 Å². The number of hydrogen-bond donors (Lipinski definition) is 1. The van der Waals surface area contributed by atoms with E-state index in [1.54, 1.807) is 11.8 Å². The molecule has 1 aromatic carbocycles. The third-order valence-electron chi connectivity index (χ3n) is 2.62. The highest BCUT2D eigenvalue weighted by Gasteiger charge is 2.16. The van der Waals surface area contributed by atoms with E-state index in [4.69, 9.17) is 10.5 Å². The molecule has 1 aromatic heterocycles. The number of aromatic nitrogens is 2. The molecule has 0 aliphatic carbocycles. The minimum absolute atomic E-state index is 0.416. The van der Waals surface area contributed by atoms with Crippen LogP contribution in [0, 0.1) is 6.92 Å². The van der Waals surface area contributed by atoms with Crippen LogP contribution in [0.25, 0.3) is 5.69 Å². The van der Waals surface area contributed by atoms with Crippen molar-refractivity contribution >= 4 is 15.9 Å². The van der Waals surface area contributed by atoms with Gasteiger partial charge in [0.1, 0.15) is 0 Å². The van der Waals surface area contributed by atoms with Gasteiger partial charge in [-0.05, 0) is 35.0 Å². The molecule has 90 valence electrons. The predicted molar refractivity (Wildman–Crippen MR) is 70.4 cm³/mol. The lowest BCUT2D eigenvalue weighted by atomic mass is 10.2. The van der Waals surface area contributed by atoms with Gasteiger partial charge in [0.25, 0.3) is 0 Å². The van der Waals surface area contributed by atoms with Crippen LogP contribution in [0.2, 0.25) is 0 Å². The van der Waals surface area contributed by atoms with Gasteiger partial charge in [0, 0.05) is 11.0 Å². The van der Waals surface area contributed by atoms with E-state index in [2.05, 4.69) is 21.0 Å². The molecular formula is C12H14BrN3O. The van der Waals surface area contributed by atoms with Crippen molar-refractivity contribution in [3.63, 3.8) is 0 Å². The standard InChI is InChI=1S/C12H14BrN3O/c1-8-9(7-14)12(17-2)16(15-8)11-6-4-3-5-10(11)13/h3-6H,7,14H2,1-2H3. The molecule has 0 aliphatic rings. The molecule has 0 radical (unpaired) electrons. The maximum Gasteiger partial charge on any atom is 0.221 e. The second-order valence-electron chi connectivity index (χ2n) is 3.64. The van der Waals surface area contributed by atoms with Gasteiger partial charge >= 0.3 is 0 Å². The summed E-state index contributed by atoms with van der Waals surface area (Å²) >= 11 is 3.50. The first kappa shape index (κ1) is 12.1. The normalized spacial score (nSPS) is 10.6. The van der Waals surface area contributed by atoms with E-state index in [0.29, 0.717) is 12.4 Å². The van der Waals surface area contributed by atoms with Crippen molar-refractivity contribution < 1.29 is 4.74 Å². The van der Waals surface area contributed by atoms with Crippen LogP contribution in [0.3, 0.4) is 0 Å². The third kappa shape index (κ3) is 2.08. The summed E-state index contributed by atoms with van der Waals surface area (Å²) in [5.74, 6) is 0.692. The van der Waals surface area contributed by atoms with E-state index in [1.807, 2.05) is 31.2 Å². The van der Waals surface area contributed by atoms with E-state index < -0.39 is 0 Å². The molecule has 5 heteroatoms. The van der Waals surface area contributed by atoms with Crippen LogP contribution in [0.15, 0.2) is 28.7 Å². The van der Waals surface area contributed by atoms with Crippen LogP contribution in [-0.4, -0.2) is 16.9 Å². The number of nitrogens with zero attached hydrogens (tertiary/aromatic N) is 2. The van der Waals surface area contributed by atoms with E-state index in [0.717, 1.165) is 21.4 Å². The molecule has 0 saturated carbocycles. The summed E-state index contributed by atoms with van der Waals surface area (Å²) in [6, 6.07) is 7.85. The Morgan fingerprint density at radius 1 is 1.41 bits per heavy atom. The highest BCUT2D eigenvalue weighted by Crippen LogP contribution is 2.28. The molecule has 2 N–H and O–H groups in total. The van der Waals surface area contributed by atoms with Crippen LogP contribution >= 0.6 is 15.9 Å². The minimum Gasteiger partial charge on any atom is -0.481 e. The Labute approximate surface area is 109 Å². The first-order valence-corrected chi connectivity index (χ1v) is 6.05. The van der Waals surface area contributed by atoms with E-state index in [-0.39, 0.29) is 0 Å². The number of halogens is 1. The second kappa shape index (κ2) is 4.89. The van der Waals surface area contributed by atoms with Gasteiger partial charge in [-0.25, -0.2) is 0 Å². The van der Waals surface area contributed by atoms with Crippen molar-refractivity contribution in [3.8, 4) is 11.6 Å². The number of benzene rings is 1. The zero-order valence-electron chi connectivity index (χ0n) is 9.77.